The molecule has 0 saturated heterocycles. The second-order valence-electron chi connectivity index (χ2n) is 7.00. The molecule has 0 saturated carbocycles. The SMILES string of the molecule is C=CCn1c(=O)c2ccccc2n2c(SCC(=O)N(C)Cc3ccc(Cl)cc3)nnc12. The van der Waals surface area contributed by atoms with E-state index in [1.54, 1.807) is 36.2 Å². The summed E-state index contributed by atoms with van der Waals surface area (Å²) in [6, 6.07) is 14.7. The first-order valence-electron chi connectivity index (χ1n) is 9.58. The van der Waals surface area contributed by atoms with Gasteiger partial charge in [-0.25, -0.2) is 0 Å². The van der Waals surface area contributed by atoms with Crippen LogP contribution in [0.5, 0.6) is 0 Å². The Bertz CT molecular complexity index is 1330. The van der Waals surface area contributed by atoms with Gasteiger partial charge in [-0.1, -0.05) is 53.7 Å². The van der Waals surface area contributed by atoms with E-state index in [0.29, 0.717) is 39.9 Å². The summed E-state index contributed by atoms with van der Waals surface area (Å²) in [6.45, 7) is 4.53. The quantitative estimate of drug-likeness (QED) is 0.315. The predicted molar refractivity (Wildman–Crippen MR) is 124 cm³/mol. The van der Waals surface area contributed by atoms with Gasteiger partial charge in [0.15, 0.2) is 5.16 Å². The molecule has 7 nitrogen and oxygen atoms in total. The molecule has 0 unspecified atom stereocenters. The molecule has 0 aliphatic carbocycles. The maximum Gasteiger partial charge on any atom is 0.263 e. The van der Waals surface area contributed by atoms with Crippen LogP contribution >= 0.6 is 23.4 Å². The van der Waals surface area contributed by atoms with Crippen LogP contribution < -0.4 is 5.56 Å². The Labute approximate surface area is 187 Å². The van der Waals surface area contributed by atoms with Gasteiger partial charge in [0, 0.05) is 25.2 Å². The molecular formula is C22H20ClN5O2S. The van der Waals surface area contributed by atoms with Gasteiger partial charge in [-0.3, -0.25) is 18.6 Å². The Morgan fingerprint density at radius 3 is 2.68 bits per heavy atom. The minimum atomic E-state index is -0.147. The van der Waals surface area contributed by atoms with Gasteiger partial charge in [0.1, 0.15) is 0 Å². The summed E-state index contributed by atoms with van der Waals surface area (Å²) in [7, 11) is 1.76. The molecule has 2 aromatic carbocycles. The highest BCUT2D eigenvalue weighted by Gasteiger charge is 2.18. The largest absolute Gasteiger partial charge is 0.341 e. The lowest BCUT2D eigenvalue weighted by molar-refractivity contribution is -0.127. The molecule has 1 amide bonds. The van der Waals surface area contributed by atoms with Crippen molar-refractivity contribution in [2.24, 2.45) is 0 Å². The molecule has 2 aromatic heterocycles. The predicted octanol–water partition coefficient (Wildman–Crippen LogP) is 3.63. The van der Waals surface area contributed by atoms with E-state index in [0.717, 1.165) is 5.56 Å². The number of hydrogen-bond acceptors (Lipinski definition) is 5. The van der Waals surface area contributed by atoms with Crippen molar-refractivity contribution in [2.45, 2.75) is 18.2 Å². The third kappa shape index (κ3) is 4.22. The molecule has 0 aliphatic rings. The van der Waals surface area contributed by atoms with Gasteiger partial charge in [0.25, 0.3) is 5.56 Å². The molecule has 0 bridgehead atoms. The van der Waals surface area contributed by atoms with E-state index in [4.69, 9.17) is 11.6 Å². The van der Waals surface area contributed by atoms with E-state index in [-0.39, 0.29) is 17.2 Å². The molecule has 0 spiro atoms. The van der Waals surface area contributed by atoms with Crippen molar-refractivity contribution in [3.63, 3.8) is 0 Å². The summed E-state index contributed by atoms with van der Waals surface area (Å²) in [4.78, 5) is 27.2. The summed E-state index contributed by atoms with van der Waals surface area (Å²) < 4.78 is 3.35. The number of aromatic nitrogens is 4. The summed E-state index contributed by atoms with van der Waals surface area (Å²) in [6.07, 6.45) is 1.65. The van der Waals surface area contributed by atoms with Crippen molar-refractivity contribution >= 4 is 46.0 Å². The van der Waals surface area contributed by atoms with Crippen molar-refractivity contribution in [2.75, 3.05) is 12.8 Å². The minimum Gasteiger partial charge on any atom is -0.341 e. The number of carbonyl (C=O) groups excluding carboxylic acids is 1. The fourth-order valence-electron chi connectivity index (χ4n) is 3.31. The maximum atomic E-state index is 12.8. The lowest BCUT2D eigenvalue weighted by Crippen LogP contribution is -2.27. The van der Waals surface area contributed by atoms with Crippen LogP contribution in [0.2, 0.25) is 5.02 Å². The minimum absolute atomic E-state index is 0.0413. The number of hydrogen-bond donors (Lipinski definition) is 0. The van der Waals surface area contributed by atoms with Gasteiger partial charge in [0.05, 0.1) is 16.7 Å². The van der Waals surface area contributed by atoms with Crippen molar-refractivity contribution in [3.8, 4) is 0 Å². The number of fused-ring (bicyclic) bond motifs is 3. The van der Waals surface area contributed by atoms with Gasteiger partial charge in [-0.2, -0.15) is 0 Å². The van der Waals surface area contributed by atoms with Crippen LogP contribution in [0, 0.1) is 0 Å². The average Bonchev–Trinajstić information content (AvgIpc) is 3.20. The highest BCUT2D eigenvalue weighted by molar-refractivity contribution is 7.99. The zero-order valence-corrected chi connectivity index (χ0v) is 18.4. The number of para-hydroxylation sites is 1. The fourth-order valence-corrected chi connectivity index (χ4v) is 4.32. The number of halogens is 1. The summed E-state index contributed by atoms with van der Waals surface area (Å²) in [5.41, 5.74) is 1.56. The average molecular weight is 454 g/mol. The first-order valence-corrected chi connectivity index (χ1v) is 10.9. The number of rotatable bonds is 7. The number of thioether (sulfide) groups is 1. The fraction of sp³-hybridized carbons (Fsp3) is 0.182. The first-order chi connectivity index (χ1) is 15.0. The molecule has 9 heteroatoms. The first kappa shape index (κ1) is 21.1. The van der Waals surface area contributed by atoms with Crippen LogP contribution in [0.25, 0.3) is 16.7 Å². The molecule has 2 heterocycles. The van der Waals surface area contributed by atoms with Crippen molar-refractivity contribution in [1.82, 2.24) is 24.1 Å². The Kier molecular flexibility index (Phi) is 6.11. The number of nitrogens with zero attached hydrogens (tertiary/aromatic N) is 5. The van der Waals surface area contributed by atoms with Crippen LogP contribution in [0.3, 0.4) is 0 Å². The van der Waals surface area contributed by atoms with Crippen LogP contribution in [0.1, 0.15) is 5.56 Å². The van der Waals surface area contributed by atoms with E-state index >= 15 is 0 Å². The number of carbonyl (C=O) groups is 1. The topological polar surface area (TPSA) is 72.5 Å². The Balaban J connectivity index is 1.60. The monoisotopic (exact) mass is 453 g/mol. The Morgan fingerprint density at radius 1 is 1.19 bits per heavy atom. The molecular weight excluding hydrogens is 434 g/mol. The molecule has 4 rings (SSSR count). The van der Waals surface area contributed by atoms with Crippen molar-refractivity contribution < 1.29 is 4.79 Å². The third-order valence-electron chi connectivity index (χ3n) is 4.87. The third-order valence-corrected chi connectivity index (χ3v) is 6.04. The van der Waals surface area contributed by atoms with Crippen LogP contribution in [-0.2, 0) is 17.9 Å². The molecule has 0 atom stereocenters. The van der Waals surface area contributed by atoms with E-state index < -0.39 is 0 Å². The smallest absolute Gasteiger partial charge is 0.263 e. The summed E-state index contributed by atoms with van der Waals surface area (Å²) in [5.74, 6) is 0.577. The number of allylic oxidation sites excluding steroid dienone is 1. The standard InChI is InChI=1S/C22H20ClN5O2S/c1-3-12-27-20(30)17-6-4-5-7-18(17)28-21(27)24-25-22(28)31-14-19(29)26(2)13-15-8-10-16(23)11-9-15/h3-11H,1,12-14H2,2H3. The van der Waals surface area contributed by atoms with Gasteiger partial charge in [-0.15, -0.1) is 16.8 Å². The molecule has 0 fully saturated rings. The van der Waals surface area contributed by atoms with E-state index in [9.17, 15) is 9.59 Å². The molecule has 0 N–H and O–H groups in total. The van der Waals surface area contributed by atoms with Gasteiger partial charge >= 0.3 is 0 Å². The van der Waals surface area contributed by atoms with Crippen LogP contribution in [-0.4, -0.2) is 42.8 Å². The van der Waals surface area contributed by atoms with Crippen molar-refractivity contribution in [3.05, 3.63) is 82.1 Å². The lowest BCUT2D eigenvalue weighted by Gasteiger charge is -2.17. The maximum absolute atomic E-state index is 12.8. The second kappa shape index (κ2) is 8.95. The Morgan fingerprint density at radius 2 is 1.94 bits per heavy atom. The zero-order valence-electron chi connectivity index (χ0n) is 16.9. The van der Waals surface area contributed by atoms with Crippen molar-refractivity contribution in [1.29, 1.82) is 0 Å². The molecule has 0 aliphatic heterocycles. The summed E-state index contributed by atoms with van der Waals surface area (Å²) in [5, 5.41) is 10.2. The molecule has 0 radical (unpaired) electrons. The highest BCUT2D eigenvalue weighted by Crippen LogP contribution is 2.22. The van der Waals surface area contributed by atoms with E-state index in [2.05, 4.69) is 16.8 Å². The molecule has 158 valence electrons. The van der Waals surface area contributed by atoms with Crippen LogP contribution in [0.4, 0.5) is 0 Å². The highest BCUT2D eigenvalue weighted by atomic mass is 35.5. The molecule has 4 aromatic rings. The molecule has 31 heavy (non-hydrogen) atoms. The van der Waals surface area contributed by atoms with E-state index in [1.807, 2.05) is 34.7 Å². The van der Waals surface area contributed by atoms with E-state index in [1.165, 1.54) is 16.3 Å². The van der Waals surface area contributed by atoms with Gasteiger partial charge in [-0.05, 0) is 29.8 Å². The van der Waals surface area contributed by atoms with Gasteiger partial charge < -0.3 is 4.90 Å². The number of amides is 1. The zero-order chi connectivity index (χ0) is 22.0. The number of benzene rings is 2. The van der Waals surface area contributed by atoms with Crippen LogP contribution in [0.15, 0.2) is 71.1 Å². The van der Waals surface area contributed by atoms with Gasteiger partial charge in [0.2, 0.25) is 11.7 Å². The lowest BCUT2D eigenvalue weighted by atomic mass is 10.2. The normalized spacial score (nSPS) is 11.2. The summed E-state index contributed by atoms with van der Waals surface area (Å²) >= 11 is 7.21. The second-order valence-corrected chi connectivity index (χ2v) is 8.38. The Hall–Kier alpha value is -3.10.